The first-order valence-electron chi connectivity index (χ1n) is 15.2. The summed E-state index contributed by atoms with van der Waals surface area (Å²) in [4.78, 5) is 24.4. The van der Waals surface area contributed by atoms with Crippen LogP contribution in [0.15, 0.2) is 46.2 Å². The number of benzene rings is 2. The summed E-state index contributed by atoms with van der Waals surface area (Å²) in [5.74, 6) is -1.54. The Morgan fingerprint density at radius 3 is 1.45 bits per heavy atom. The summed E-state index contributed by atoms with van der Waals surface area (Å²) in [7, 11) is 0. The molecule has 0 aliphatic heterocycles. The number of unbranched alkanes of at least 4 members (excludes halogenated alkanes) is 10. The van der Waals surface area contributed by atoms with Gasteiger partial charge in [-0.05, 0) is 37.1 Å². The normalized spacial score (nSPS) is 11.7. The van der Waals surface area contributed by atoms with E-state index >= 15 is 0 Å². The Kier molecular flexibility index (Phi) is 14.3. The minimum absolute atomic E-state index is 0.0423. The topological polar surface area (TPSA) is 79.5 Å². The van der Waals surface area contributed by atoms with Crippen LogP contribution in [-0.2, 0) is 9.59 Å². The monoisotopic (exact) mass is 585 g/mol. The number of carboxylic acids is 2. The maximum Gasteiger partial charge on any atom is 0.313 e. The van der Waals surface area contributed by atoms with E-state index in [1.54, 1.807) is 0 Å². The van der Waals surface area contributed by atoms with Crippen LogP contribution in [0.5, 0.6) is 0 Å². The van der Waals surface area contributed by atoms with Crippen LogP contribution in [0, 0.1) is 0 Å². The predicted molar refractivity (Wildman–Crippen MR) is 171 cm³/mol. The van der Waals surface area contributed by atoms with Crippen LogP contribution in [0.25, 0.3) is 21.8 Å². The molecule has 1 aromatic heterocycles. The number of aromatic nitrogens is 1. The van der Waals surface area contributed by atoms with Crippen molar-refractivity contribution in [3.63, 3.8) is 0 Å². The maximum absolute atomic E-state index is 11.3. The smallest absolute Gasteiger partial charge is 0.313 e. The molecule has 0 amide bonds. The molecule has 3 aromatic rings. The summed E-state index contributed by atoms with van der Waals surface area (Å²) < 4.78 is 2.51. The lowest BCUT2D eigenvalue weighted by Gasteiger charge is -2.22. The molecule has 0 unspecified atom stereocenters. The second-order valence-electron chi connectivity index (χ2n) is 10.9. The van der Waals surface area contributed by atoms with Gasteiger partial charge in [0.2, 0.25) is 0 Å². The third-order valence-corrected chi connectivity index (χ3v) is 9.58. The fourth-order valence-corrected chi connectivity index (χ4v) is 6.89. The van der Waals surface area contributed by atoms with Crippen molar-refractivity contribution in [3.05, 3.63) is 36.4 Å². The molecular weight excluding hydrogens is 539 g/mol. The molecule has 1 heterocycles. The van der Waals surface area contributed by atoms with E-state index in [9.17, 15) is 19.8 Å². The Labute approximate surface area is 248 Å². The average molecular weight is 586 g/mol. The van der Waals surface area contributed by atoms with Crippen LogP contribution in [-0.4, -0.2) is 38.2 Å². The van der Waals surface area contributed by atoms with Crippen LogP contribution in [0.4, 0.5) is 0 Å². The molecule has 0 aliphatic rings. The number of hydrogen-bond acceptors (Lipinski definition) is 4. The van der Waals surface area contributed by atoms with Gasteiger partial charge in [-0.2, -0.15) is 0 Å². The van der Waals surface area contributed by atoms with Gasteiger partial charge in [0.05, 0.1) is 22.5 Å². The molecule has 0 saturated carbocycles. The van der Waals surface area contributed by atoms with Crippen molar-refractivity contribution < 1.29 is 19.8 Å². The summed E-state index contributed by atoms with van der Waals surface area (Å²) >= 11 is 2.73. The van der Waals surface area contributed by atoms with Crippen molar-refractivity contribution in [2.75, 3.05) is 11.5 Å². The number of nitrogens with zero attached hydrogens (tertiary/aromatic N) is 1. The fourth-order valence-electron chi connectivity index (χ4n) is 5.59. The third-order valence-electron chi connectivity index (χ3n) is 7.62. The van der Waals surface area contributed by atoms with Gasteiger partial charge in [0, 0.05) is 26.6 Å². The first-order valence-corrected chi connectivity index (χ1v) is 17.2. The van der Waals surface area contributed by atoms with Crippen molar-refractivity contribution in [2.24, 2.45) is 0 Å². The lowest BCUT2D eigenvalue weighted by Crippen LogP contribution is -2.10. The van der Waals surface area contributed by atoms with E-state index in [2.05, 4.69) is 42.7 Å². The molecule has 2 aromatic carbocycles. The molecule has 0 atom stereocenters. The molecule has 0 aliphatic carbocycles. The SMILES string of the molecule is CCCCCCCCC(CCCCCCCC)n1c2cc(SCC(=O)O)ccc2c2ccc(SCC(=O)O)cc21. The summed E-state index contributed by atoms with van der Waals surface area (Å²) in [6.45, 7) is 4.51. The van der Waals surface area contributed by atoms with Crippen LogP contribution < -0.4 is 0 Å². The van der Waals surface area contributed by atoms with Crippen molar-refractivity contribution >= 4 is 57.3 Å². The molecule has 0 spiro atoms. The Morgan fingerprint density at radius 2 is 1.05 bits per heavy atom. The van der Waals surface area contributed by atoms with Gasteiger partial charge in [-0.1, -0.05) is 103 Å². The van der Waals surface area contributed by atoms with Crippen molar-refractivity contribution in [3.8, 4) is 0 Å². The molecule has 0 saturated heterocycles. The molecule has 2 N–H and O–H groups in total. The van der Waals surface area contributed by atoms with E-state index in [0.717, 1.165) is 33.7 Å². The quantitative estimate of drug-likeness (QED) is 0.0956. The van der Waals surface area contributed by atoms with Gasteiger partial charge in [-0.3, -0.25) is 9.59 Å². The minimum Gasteiger partial charge on any atom is -0.481 e. The second kappa shape index (κ2) is 17.6. The van der Waals surface area contributed by atoms with E-state index in [0.29, 0.717) is 6.04 Å². The molecule has 5 nitrogen and oxygen atoms in total. The number of fused-ring (bicyclic) bond motifs is 3. The van der Waals surface area contributed by atoms with Gasteiger partial charge in [0.25, 0.3) is 0 Å². The minimum atomic E-state index is -0.810. The number of hydrogen-bond donors (Lipinski definition) is 2. The largest absolute Gasteiger partial charge is 0.481 e. The molecule has 3 rings (SSSR count). The average Bonchev–Trinajstić information content (AvgIpc) is 3.26. The van der Waals surface area contributed by atoms with Gasteiger partial charge in [0.15, 0.2) is 0 Å². The van der Waals surface area contributed by atoms with Crippen molar-refractivity contribution in [1.29, 1.82) is 0 Å². The standard InChI is InChI=1S/C33H47NO4S2/c1-3-5-7-9-11-13-15-25(16-14-12-10-8-6-4-2)34-30-21-26(39-23-32(35)36)17-19-28(30)29-20-18-27(22-31(29)34)40-24-33(37)38/h17-22,25H,3-16,23-24H2,1-2H3,(H,35,36)(H,37,38). The van der Waals surface area contributed by atoms with Crippen LogP contribution in [0.3, 0.4) is 0 Å². The second-order valence-corrected chi connectivity index (χ2v) is 13.0. The number of rotatable bonds is 21. The first-order chi connectivity index (χ1) is 19.4. The zero-order valence-corrected chi connectivity index (χ0v) is 26.0. The zero-order valence-electron chi connectivity index (χ0n) is 24.3. The van der Waals surface area contributed by atoms with E-state index < -0.39 is 11.9 Å². The lowest BCUT2D eigenvalue weighted by molar-refractivity contribution is -0.134. The highest BCUT2D eigenvalue weighted by Gasteiger charge is 2.20. The van der Waals surface area contributed by atoms with Gasteiger partial charge in [-0.25, -0.2) is 0 Å². The molecule has 0 radical (unpaired) electrons. The van der Waals surface area contributed by atoms with Crippen LogP contribution >= 0.6 is 23.5 Å². The van der Waals surface area contributed by atoms with Gasteiger partial charge >= 0.3 is 11.9 Å². The molecule has 220 valence electrons. The van der Waals surface area contributed by atoms with Gasteiger partial charge in [0.1, 0.15) is 0 Å². The van der Waals surface area contributed by atoms with Crippen molar-refractivity contribution in [2.45, 2.75) is 120 Å². The lowest BCUT2D eigenvalue weighted by atomic mass is 9.99. The molecular formula is C33H47NO4S2. The molecule has 7 heteroatoms. The molecule has 0 fully saturated rings. The summed E-state index contributed by atoms with van der Waals surface area (Å²) in [6.07, 6.45) is 17.5. The summed E-state index contributed by atoms with van der Waals surface area (Å²) in [5, 5.41) is 20.8. The predicted octanol–water partition coefficient (Wildman–Crippen LogP) is 10.2. The fraction of sp³-hybridized carbons (Fsp3) is 0.576. The number of carboxylic acid groups (broad SMARTS) is 2. The van der Waals surface area contributed by atoms with Crippen molar-refractivity contribution in [1.82, 2.24) is 4.57 Å². The van der Waals surface area contributed by atoms with E-state index in [1.165, 1.54) is 111 Å². The van der Waals surface area contributed by atoms with Crippen LogP contribution in [0.1, 0.15) is 110 Å². The Balaban J connectivity index is 1.98. The van der Waals surface area contributed by atoms with E-state index in [1.807, 2.05) is 12.1 Å². The third kappa shape index (κ3) is 10.1. The zero-order chi connectivity index (χ0) is 28.7. The van der Waals surface area contributed by atoms with Gasteiger partial charge in [-0.15, -0.1) is 23.5 Å². The Hall–Kier alpha value is -2.12. The van der Waals surface area contributed by atoms with Gasteiger partial charge < -0.3 is 14.8 Å². The van der Waals surface area contributed by atoms with E-state index in [4.69, 9.17) is 0 Å². The van der Waals surface area contributed by atoms with Crippen LogP contribution in [0.2, 0.25) is 0 Å². The summed E-state index contributed by atoms with van der Waals surface area (Å²) in [5.41, 5.74) is 2.32. The number of thioether (sulfide) groups is 2. The Bertz CT molecular complexity index is 1130. The van der Waals surface area contributed by atoms with E-state index in [-0.39, 0.29) is 11.5 Å². The highest BCUT2D eigenvalue weighted by molar-refractivity contribution is 8.00. The molecule has 0 bridgehead atoms. The maximum atomic E-state index is 11.3. The number of carbonyl (C=O) groups is 2. The Morgan fingerprint density at radius 1 is 0.650 bits per heavy atom. The highest BCUT2D eigenvalue weighted by atomic mass is 32.2. The summed E-state index contributed by atoms with van der Waals surface area (Å²) in [6, 6.07) is 13.0. The first kappa shape index (κ1) is 32.4. The highest BCUT2D eigenvalue weighted by Crippen LogP contribution is 2.39. The molecule has 40 heavy (non-hydrogen) atoms. The number of aliphatic carboxylic acids is 2.